The number of likely N-dealkylation sites (tertiary alicyclic amines) is 1. The fraction of sp³-hybridized carbons (Fsp3) is 0.550. The van der Waals surface area contributed by atoms with E-state index in [0.717, 1.165) is 30.2 Å². The second kappa shape index (κ2) is 9.21. The van der Waals surface area contributed by atoms with Crippen molar-refractivity contribution in [2.45, 2.75) is 62.8 Å². The van der Waals surface area contributed by atoms with Crippen molar-refractivity contribution in [3.05, 3.63) is 22.8 Å². The summed E-state index contributed by atoms with van der Waals surface area (Å²) in [4.78, 5) is 18.4. The van der Waals surface area contributed by atoms with Gasteiger partial charge in [0.2, 0.25) is 11.8 Å². The molecule has 0 bridgehead atoms. The minimum Gasteiger partial charge on any atom is -0.474 e. The van der Waals surface area contributed by atoms with Gasteiger partial charge in [0.15, 0.2) is 0 Å². The number of hydrogen-bond acceptors (Lipinski definition) is 5. The van der Waals surface area contributed by atoms with Gasteiger partial charge in [-0.3, -0.25) is 4.79 Å². The highest BCUT2D eigenvalue weighted by Crippen LogP contribution is 2.27. The van der Waals surface area contributed by atoms with E-state index in [1.165, 1.54) is 0 Å². The summed E-state index contributed by atoms with van der Waals surface area (Å²) < 4.78 is 6.84. The molecule has 1 amide bonds. The van der Waals surface area contributed by atoms with E-state index < -0.39 is 6.04 Å². The minimum absolute atomic E-state index is 0.0854. The maximum absolute atomic E-state index is 12.5. The van der Waals surface area contributed by atoms with E-state index in [4.69, 9.17) is 11.2 Å². The Morgan fingerprint density at radius 2 is 2.07 bits per heavy atom. The zero-order valence-electron chi connectivity index (χ0n) is 15.1. The molecule has 1 aromatic heterocycles. The van der Waals surface area contributed by atoms with Crippen LogP contribution in [0, 0.1) is 23.7 Å². The van der Waals surface area contributed by atoms with Crippen LogP contribution in [0.15, 0.2) is 22.8 Å². The smallest absolute Gasteiger partial charge is 0.238 e. The first-order valence-corrected chi connectivity index (χ1v) is 10.1. The summed E-state index contributed by atoms with van der Waals surface area (Å²) >= 11 is 3.45. The summed E-state index contributed by atoms with van der Waals surface area (Å²) in [5.74, 6) is 3.17. The van der Waals surface area contributed by atoms with Gasteiger partial charge in [0.25, 0.3) is 0 Å². The second-order valence-electron chi connectivity index (χ2n) is 6.97. The zero-order chi connectivity index (χ0) is 19.2. The molecule has 1 N–H and O–H groups in total. The summed E-state index contributed by atoms with van der Waals surface area (Å²) in [7, 11) is 0. The van der Waals surface area contributed by atoms with E-state index in [0.29, 0.717) is 18.7 Å². The molecule has 3 rings (SSSR count). The quantitative estimate of drug-likeness (QED) is 0.726. The third-order valence-corrected chi connectivity index (χ3v) is 5.84. The maximum atomic E-state index is 12.5. The Hall–Kier alpha value is -2.09. The Kier molecular flexibility index (Phi) is 6.71. The average Bonchev–Trinajstić information content (AvgIpc) is 3.12. The monoisotopic (exact) mass is 430 g/mol. The molecule has 2 fully saturated rings. The van der Waals surface area contributed by atoms with Crippen molar-refractivity contribution in [3.8, 4) is 24.3 Å². The molecule has 0 spiro atoms. The van der Waals surface area contributed by atoms with Gasteiger partial charge >= 0.3 is 0 Å². The highest BCUT2D eigenvalue weighted by atomic mass is 79.9. The predicted molar refractivity (Wildman–Crippen MR) is 105 cm³/mol. The highest BCUT2D eigenvalue weighted by Gasteiger charge is 2.36. The maximum Gasteiger partial charge on any atom is 0.238 e. The van der Waals surface area contributed by atoms with Gasteiger partial charge in [-0.05, 0) is 66.6 Å². The van der Waals surface area contributed by atoms with E-state index in [2.05, 4.69) is 38.2 Å². The molecular weight excluding hydrogens is 408 g/mol. The van der Waals surface area contributed by atoms with Crippen molar-refractivity contribution < 1.29 is 9.53 Å². The number of carbonyl (C=O) groups excluding carboxylic acids is 1. The number of nitriles is 1. The molecule has 1 aromatic rings. The van der Waals surface area contributed by atoms with Crippen LogP contribution in [0.5, 0.6) is 5.88 Å². The highest BCUT2D eigenvalue weighted by molar-refractivity contribution is 9.10. The number of halogens is 1. The van der Waals surface area contributed by atoms with Gasteiger partial charge in [-0.1, -0.05) is 5.92 Å². The Balaban J connectivity index is 1.44. The molecule has 0 radical (unpaired) electrons. The largest absolute Gasteiger partial charge is 0.474 e. The van der Waals surface area contributed by atoms with Crippen LogP contribution < -0.4 is 10.1 Å². The molecule has 0 unspecified atom stereocenters. The van der Waals surface area contributed by atoms with E-state index in [9.17, 15) is 10.1 Å². The SMILES string of the molecule is C#C[C@H]1CC[C@@H](C#N)N1C(=O)CN[C@H]1CC[C@H](Oc2ncccc2Br)CC1. The topological polar surface area (TPSA) is 78.2 Å². The number of ether oxygens (including phenoxy) is 1. The molecule has 7 heteroatoms. The van der Waals surface area contributed by atoms with Crippen molar-refractivity contribution in [1.29, 1.82) is 5.26 Å². The molecule has 27 heavy (non-hydrogen) atoms. The molecule has 2 heterocycles. The van der Waals surface area contributed by atoms with E-state index in [1.807, 2.05) is 12.1 Å². The van der Waals surface area contributed by atoms with Gasteiger partial charge in [-0.2, -0.15) is 5.26 Å². The summed E-state index contributed by atoms with van der Waals surface area (Å²) in [5, 5.41) is 12.6. The van der Waals surface area contributed by atoms with Crippen molar-refractivity contribution in [3.63, 3.8) is 0 Å². The fourth-order valence-corrected chi connectivity index (χ4v) is 4.12. The third kappa shape index (κ3) is 4.80. The molecule has 142 valence electrons. The lowest BCUT2D eigenvalue weighted by molar-refractivity contribution is -0.131. The Morgan fingerprint density at radius 3 is 2.74 bits per heavy atom. The minimum atomic E-state index is -0.402. The van der Waals surface area contributed by atoms with Crippen LogP contribution in [0.1, 0.15) is 38.5 Å². The Labute approximate surface area is 168 Å². The third-order valence-electron chi connectivity index (χ3n) is 5.23. The Morgan fingerprint density at radius 1 is 1.33 bits per heavy atom. The zero-order valence-corrected chi connectivity index (χ0v) is 16.7. The number of pyridine rings is 1. The second-order valence-corrected chi connectivity index (χ2v) is 7.82. The molecule has 6 nitrogen and oxygen atoms in total. The predicted octanol–water partition coefficient (Wildman–Crippen LogP) is 2.64. The van der Waals surface area contributed by atoms with E-state index >= 15 is 0 Å². The summed E-state index contributed by atoms with van der Waals surface area (Å²) in [6, 6.07) is 5.57. The van der Waals surface area contributed by atoms with Crippen molar-refractivity contribution in [2.24, 2.45) is 0 Å². The van der Waals surface area contributed by atoms with Crippen LogP contribution in [0.3, 0.4) is 0 Å². The van der Waals surface area contributed by atoms with Gasteiger partial charge in [0.05, 0.1) is 23.1 Å². The first-order chi connectivity index (χ1) is 13.1. The number of nitrogens with one attached hydrogen (secondary N) is 1. The van der Waals surface area contributed by atoms with Crippen LogP contribution in [0.25, 0.3) is 0 Å². The van der Waals surface area contributed by atoms with Crippen molar-refractivity contribution >= 4 is 21.8 Å². The van der Waals surface area contributed by atoms with Crippen molar-refractivity contribution in [1.82, 2.24) is 15.2 Å². The van der Waals surface area contributed by atoms with Gasteiger partial charge < -0.3 is 15.0 Å². The first kappa shape index (κ1) is 19.7. The number of terminal acetylenes is 1. The number of aromatic nitrogens is 1. The fourth-order valence-electron chi connectivity index (χ4n) is 3.77. The number of carbonyl (C=O) groups is 1. The molecule has 1 aliphatic carbocycles. The molecule has 1 aliphatic heterocycles. The van der Waals surface area contributed by atoms with E-state index in [-0.39, 0.29) is 30.6 Å². The number of rotatable bonds is 5. The first-order valence-electron chi connectivity index (χ1n) is 9.29. The molecular formula is C20H23BrN4O2. The normalized spacial score (nSPS) is 27.6. The molecule has 1 saturated carbocycles. The molecule has 2 atom stereocenters. The van der Waals surface area contributed by atoms with Gasteiger partial charge in [-0.25, -0.2) is 4.98 Å². The van der Waals surface area contributed by atoms with Crippen molar-refractivity contribution in [2.75, 3.05) is 6.54 Å². The molecule has 2 aliphatic rings. The lowest BCUT2D eigenvalue weighted by Gasteiger charge is -2.30. The van der Waals surface area contributed by atoms with Gasteiger partial charge in [-0.15, -0.1) is 6.42 Å². The average molecular weight is 431 g/mol. The number of nitrogens with zero attached hydrogens (tertiary/aromatic N) is 3. The van der Waals surface area contributed by atoms with Crippen LogP contribution in [-0.2, 0) is 4.79 Å². The van der Waals surface area contributed by atoms with E-state index in [1.54, 1.807) is 11.1 Å². The molecule has 1 saturated heterocycles. The van der Waals surface area contributed by atoms with Gasteiger partial charge in [0.1, 0.15) is 12.1 Å². The van der Waals surface area contributed by atoms with Gasteiger partial charge in [0, 0.05) is 12.2 Å². The lowest BCUT2D eigenvalue weighted by atomic mass is 9.93. The van der Waals surface area contributed by atoms with Crippen LogP contribution in [0.2, 0.25) is 0 Å². The lowest BCUT2D eigenvalue weighted by Crippen LogP contribution is -2.47. The Bertz CT molecular complexity index is 727. The van der Waals surface area contributed by atoms with Crippen LogP contribution >= 0.6 is 15.9 Å². The number of amides is 1. The summed E-state index contributed by atoms with van der Waals surface area (Å²) in [6.45, 7) is 0.221. The standard InChI is InChI=1S/C20H23BrN4O2/c1-2-15-7-8-16(12-22)25(15)19(26)13-24-14-5-9-17(10-6-14)27-20-18(21)4-3-11-23-20/h1,3-4,11,14-17,24H,5-10,13H2/t14-,15-,16-,17-/m0/s1. The summed E-state index contributed by atoms with van der Waals surface area (Å²) in [6.07, 6.45) is 12.4. The van der Waals surface area contributed by atoms with Crippen LogP contribution in [-0.4, -0.2) is 46.6 Å². The number of hydrogen-bond donors (Lipinski definition) is 1. The summed E-state index contributed by atoms with van der Waals surface area (Å²) in [5.41, 5.74) is 0. The van der Waals surface area contributed by atoms with Crippen LogP contribution in [0.4, 0.5) is 0 Å². The molecule has 0 aromatic carbocycles.